The number of para-hydroxylation sites is 1. The van der Waals surface area contributed by atoms with Gasteiger partial charge in [0.25, 0.3) is 0 Å². The average molecular weight is 275 g/mol. The van der Waals surface area contributed by atoms with E-state index in [9.17, 15) is 9.59 Å². The molecule has 20 heavy (non-hydrogen) atoms. The maximum absolute atomic E-state index is 11.7. The molecule has 108 valence electrons. The first-order chi connectivity index (χ1) is 9.70. The standard InChI is InChI=1S/C15H21N3O2/c1-2-11-5-3-4-6-13(11)18-15(20)17-10-9-16-14(19)12-7-8-12/h3-6,12H,2,7-10H2,1H3,(H,16,19)(H2,17,18,20). The molecular weight excluding hydrogens is 254 g/mol. The van der Waals surface area contributed by atoms with Crippen molar-refractivity contribution in [1.82, 2.24) is 10.6 Å². The van der Waals surface area contributed by atoms with Crippen LogP contribution in [0.3, 0.4) is 0 Å². The van der Waals surface area contributed by atoms with Gasteiger partial charge in [-0.1, -0.05) is 25.1 Å². The lowest BCUT2D eigenvalue weighted by molar-refractivity contribution is -0.122. The normalized spacial score (nSPS) is 13.7. The van der Waals surface area contributed by atoms with Crippen LogP contribution in [0.4, 0.5) is 10.5 Å². The first kappa shape index (κ1) is 14.4. The fourth-order valence-corrected chi connectivity index (χ4v) is 1.97. The minimum Gasteiger partial charge on any atom is -0.354 e. The van der Waals surface area contributed by atoms with Gasteiger partial charge in [0.2, 0.25) is 5.91 Å². The Morgan fingerprint density at radius 1 is 1.15 bits per heavy atom. The Hall–Kier alpha value is -2.04. The van der Waals surface area contributed by atoms with Gasteiger partial charge in [0.05, 0.1) is 0 Å². The molecule has 0 bridgehead atoms. The van der Waals surface area contributed by atoms with E-state index in [0.717, 1.165) is 30.5 Å². The molecule has 1 fully saturated rings. The lowest BCUT2D eigenvalue weighted by atomic mass is 10.1. The number of carbonyl (C=O) groups is 2. The van der Waals surface area contributed by atoms with E-state index in [0.29, 0.717) is 13.1 Å². The SMILES string of the molecule is CCc1ccccc1NC(=O)NCCNC(=O)C1CC1. The molecule has 0 saturated heterocycles. The van der Waals surface area contributed by atoms with Crippen LogP contribution in [-0.4, -0.2) is 25.0 Å². The molecule has 1 aromatic carbocycles. The quantitative estimate of drug-likeness (QED) is 0.694. The molecule has 0 heterocycles. The van der Waals surface area contributed by atoms with Crippen molar-refractivity contribution in [3.63, 3.8) is 0 Å². The van der Waals surface area contributed by atoms with E-state index >= 15 is 0 Å². The van der Waals surface area contributed by atoms with Crippen molar-refractivity contribution in [2.24, 2.45) is 5.92 Å². The molecule has 0 aliphatic heterocycles. The third-order valence-electron chi connectivity index (χ3n) is 3.30. The average Bonchev–Trinajstić information content (AvgIpc) is 3.28. The van der Waals surface area contributed by atoms with Crippen molar-refractivity contribution in [3.8, 4) is 0 Å². The van der Waals surface area contributed by atoms with Gasteiger partial charge in [-0.2, -0.15) is 0 Å². The maximum atomic E-state index is 11.7. The van der Waals surface area contributed by atoms with Gasteiger partial charge in [0, 0.05) is 24.7 Å². The van der Waals surface area contributed by atoms with Crippen LogP contribution in [0.15, 0.2) is 24.3 Å². The van der Waals surface area contributed by atoms with E-state index in [-0.39, 0.29) is 17.9 Å². The minimum absolute atomic E-state index is 0.100. The van der Waals surface area contributed by atoms with Crippen molar-refractivity contribution in [2.45, 2.75) is 26.2 Å². The van der Waals surface area contributed by atoms with Crippen LogP contribution in [0.5, 0.6) is 0 Å². The monoisotopic (exact) mass is 275 g/mol. The van der Waals surface area contributed by atoms with Crippen LogP contribution >= 0.6 is 0 Å². The summed E-state index contributed by atoms with van der Waals surface area (Å²) in [4.78, 5) is 23.1. The number of benzene rings is 1. The summed E-state index contributed by atoms with van der Waals surface area (Å²) in [6, 6.07) is 7.48. The molecule has 0 radical (unpaired) electrons. The number of hydrogen-bond donors (Lipinski definition) is 3. The predicted molar refractivity (Wildman–Crippen MR) is 78.6 cm³/mol. The Bertz CT molecular complexity index is 484. The second-order valence-electron chi connectivity index (χ2n) is 4.96. The Labute approximate surface area is 119 Å². The van der Waals surface area contributed by atoms with Crippen LogP contribution in [0, 0.1) is 5.92 Å². The number of hydrogen-bond acceptors (Lipinski definition) is 2. The molecule has 1 aliphatic carbocycles. The molecule has 1 aromatic rings. The van der Waals surface area contributed by atoms with Crippen molar-refractivity contribution in [1.29, 1.82) is 0 Å². The Balaban J connectivity index is 1.68. The zero-order chi connectivity index (χ0) is 14.4. The summed E-state index contributed by atoms with van der Waals surface area (Å²) in [7, 11) is 0. The van der Waals surface area contributed by atoms with Gasteiger partial charge in [-0.05, 0) is 30.9 Å². The van der Waals surface area contributed by atoms with Gasteiger partial charge in [-0.15, -0.1) is 0 Å². The van der Waals surface area contributed by atoms with Gasteiger partial charge in [-0.3, -0.25) is 4.79 Å². The fraction of sp³-hybridized carbons (Fsp3) is 0.467. The zero-order valence-corrected chi connectivity index (χ0v) is 11.7. The van der Waals surface area contributed by atoms with Crippen molar-refractivity contribution in [3.05, 3.63) is 29.8 Å². The smallest absolute Gasteiger partial charge is 0.319 e. The predicted octanol–water partition coefficient (Wildman–Crippen LogP) is 1.90. The van der Waals surface area contributed by atoms with Crippen LogP contribution in [0.1, 0.15) is 25.3 Å². The highest BCUT2D eigenvalue weighted by molar-refractivity contribution is 5.90. The molecule has 0 atom stereocenters. The first-order valence-corrected chi connectivity index (χ1v) is 7.11. The lowest BCUT2D eigenvalue weighted by Crippen LogP contribution is -2.37. The third-order valence-corrected chi connectivity index (χ3v) is 3.30. The molecule has 1 aliphatic rings. The van der Waals surface area contributed by atoms with E-state index in [1.54, 1.807) is 0 Å². The number of anilines is 1. The molecule has 0 unspecified atom stereocenters. The van der Waals surface area contributed by atoms with Crippen LogP contribution in [0.2, 0.25) is 0 Å². The lowest BCUT2D eigenvalue weighted by Gasteiger charge is -2.11. The van der Waals surface area contributed by atoms with E-state index in [4.69, 9.17) is 0 Å². The zero-order valence-electron chi connectivity index (χ0n) is 11.7. The van der Waals surface area contributed by atoms with Gasteiger partial charge in [0.1, 0.15) is 0 Å². The molecule has 3 amide bonds. The van der Waals surface area contributed by atoms with Crippen LogP contribution in [0.25, 0.3) is 0 Å². The number of carbonyl (C=O) groups excluding carboxylic acids is 2. The van der Waals surface area contributed by atoms with E-state index in [1.807, 2.05) is 31.2 Å². The maximum Gasteiger partial charge on any atom is 0.319 e. The molecule has 2 rings (SSSR count). The molecule has 1 saturated carbocycles. The summed E-state index contributed by atoms with van der Waals surface area (Å²) in [5.41, 5.74) is 1.93. The number of aryl methyl sites for hydroxylation is 1. The Kier molecular flexibility index (Phi) is 4.98. The van der Waals surface area contributed by atoms with Crippen molar-refractivity contribution >= 4 is 17.6 Å². The third kappa shape index (κ3) is 4.26. The van der Waals surface area contributed by atoms with Gasteiger partial charge in [0.15, 0.2) is 0 Å². The largest absolute Gasteiger partial charge is 0.354 e. The Morgan fingerprint density at radius 2 is 1.85 bits per heavy atom. The van der Waals surface area contributed by atoms with Crippen LogP contribution < -0.4 is 16.0 Å². The number of amides is 3. The molecule has 0 spiro atoms. The first-order valence-electron chi connectivity index (χ1n) is 7.11. The van der Waals surface area contributed by atoms with Crippen molar-refractivity contribution < 1.29 is 9.59 Å². The number of urea groups is 1. The second kappa shape index (κ2) is 6.93. The van der Waals surface area contributed by atoms with E-state index in [2.05, 4.69) is 16.0 Å². The summed E-state index contributed by atoms with van der Waals surface area (Å²) in [6.07, 6.45) is 2.86. The van der Waals surface area contributed by atoms with E-state index < -0.39 is 0 Å². The van der Waals surface area contributed by atoms with E-state index in [1.165, 1.54) is 0 Å². The number of nitrogens with one attached hydrogen (secondary N) is 3. The molecule has 5 nitrogen and oxygen atoms in total. The topological polar surface area (TPSA) is 70.2 Å². The fourth-order valence-electron chi connectivity index (χ4n) is 1.97. The summed E-state index contributed by atoms with van der Waals surface area (Å²) >= 11 is 0. The molecule has 5 heteroatoms. The summed E-state index contributed by atoms with van der Waals surface area (Å²) in [5, 5.41) is 8.36. The highest BCUT2D eigenvalue weighted by atomic mass is 16.2. The second-order valence-corrected chi connectivity index (χ2v) is 4.96. The minimum atomic E-state index is -0.244. The van der Waals surface area contributed by atoms with Gasteiger partial charge < -0.3 is 16.0 Å². The summed E-state index contributed by atoms with van der Waals surface area (Å²) in [5.74, 6) is 0.309. The molecular formula is C15H21N3O2. The van der Waals surface area contributed by atoms with Gasteiger partial charge >= 0.3 is 6.03 Å². The highest BCUT2D eigenvalue weighted by Gasteiger charge is 2.28. The molecule has 0 aromatic heterocycles. The Morgan fingerprint density at radius 3 is 2.55 bits per heavy atom. The summed E-state index contributed by atoms with van der Waals surface area (Å²) in [6.45, 7) is 2.95. The number of rotatable bonds is 6. The van der Waals surface area contributed by atoms with Crippen LogP contribution in [-0.2, 0) is 11.2 Å². The van der Waals surface area contributed by atoms with Gasteiger partial charge in [-0.25, -0.2) is 4.79 Å². The summed E-state index contributed by atoms with van der Waals surface area (Å²) < 4.78 is 0. The van der Waals surface area contributed by atoms with Crippen molar-refractivity contribution in [2.75, 3.05) is 18.4 Å². The molecule has 3 N–H and O–H groups in total. The highest BCUT2D eigenvalue weighted by Crippen LogP contribution is 2.28.